The number of aromatic nitrogens is 2. The third-order valence-electron chi connectivity index (χ3n) is 2.87. The van der Waals surface area contributed by atoms with Crippen LogP contribution in [-0.2, 0) is 4.74 Å². The number of aliphatic hydroxyl groups excluding tert-OH is 2. The number of hydrogen-bond donors (Lipinski definition) is 3. The quantitative estimate of drug-likeness (QED) is 0.542. The van der Waals surface area contributed by atoms with E-state index < -0.39 is 30.0 Å². The van der Waals surface area contributed by atoms with Crippen molar-refractivity contribution in [2.24, 2.45) is 5.92 Å². The van der Waals surface area contributed by atoms with E-state index in [0.717, 1.165) is 4.57 Å². The van der Waals surface area contributed by atoms with Gasteiger partial charge in [0.05, 0.1) is 12.5 Å². The fourth-order valence-corrected chi connectivity index (χ4v) is 1.93. The van der Waals surface area contributed by atoms with E-state index in [-0.39, 0.29) is 12.4 Å². The van der Waals surface area contributed by atoms with E-state index in [4.69, 9.17) is 22.0 Å². The maximum atomic E-state index is 11.7. The molecular weight excluding hydrogens is 238 g/mol. The molecule has 1 aromatic heterocycles. The summed E-state index contributed by atoms with van der Waals surface area (Å²) in [7, 11) is 0. The van der Waals surface area contributed by atoms with Crippen LogP contribution in [0.4, 0.5) is 5.82 Å². The van der Waals surface area contributed by atoms with Gasteiger partial charge < -0.3 is 20.7 Å². The largest absolute Gasteiger partial charge is 0.394 e. The molecule has 0 spiro atoms. The zero-order valence-corrected chi connectivity index (χ0v) is 9.43. The summed E-state index contributed by atoms with van der Waals surface area (Å²) in [6, 6.07) is 1.43. The number of ether oxygens (including phenoxy) is 1. The molecule has 0 bridgehead atoms. The molecule has 4 N–H and O–H groups in total. The van der Waals surface area contributed by atoms with Gasteiger partial charge >= 0.3 is 5.69 Å². The summed E-state index contributed by atoms with van der Waals surface area (Å²) in [6.45, 7) is -0.382. The fraction of sp³-hybridized carbons (Fsp3) is 0.455. The van der Waals surface area contributed by atoms with Crippen molar-refractivity contribution in [2.45, 2.75) is 18.4 Å². The molecule has 1 aliphatic heterocycles. The average molecular weight is 251 g/mol. The zero-order valence-electron chi connectivity index (χ0n) is 9.43. The molecule has 2 heterocycles. The van der Waals surface area contributed by atoms with Crippen LogP contribution in [0.1, 0.15) is 6.23 Å². The molecule has 4 atom stereocenters. The predicted molar refractivity (Wildman–Crippen MR) is 62.2 cm³/mol. The first kappa shape index (κ1) is 12.6. The molecule has 0 aliphatic carbocycles. The molecule has 0 aromatic carbocycles. The molecule has 2 rings (SSSR count). The maximum Gasteiger partial charge on any atom is 0.351 e. The number of nitrogens with two attached hydrogens (primary N) is 1. The van der Waals surface area contributed by atoms with Gasteiger partial charge in [-0.2, -0.15) is 4.98 Å². The summed E-state index contributed by atoms with van der Waals surface area (Å²) in [5, 5.41) is 18.9. The molecule has 1 aliphatic rings. The highest BCUT2D eigenvalue weighted by atomic mass is 16.5. The minimum Gasteiger partial charge on any atom is -0.394 e. The summed E-state index contributed by atoms with van der Waals surface area (Å²) in [5.41, 5.74) is 4.76. The van der Waals surface area contributed by atoms with Gasteiger partial charge in [0.2, 0.25) is 0 Å². The first-order chi connectivity index (χ1) is 8.58. The average Bonchev–Trinajstić information content (AvgIpc) is 2.65. The molecule has 7 nitrogen and oxygen atoms in total. The van der Waals surface area contributed by atoms with Crippen LogP contribution in [0.25, 0.3) is 0 Å². The van der Waals surface area contributed by atoms with Crippen molar-refractivity contribution in [3.05, 3.63) is 22.7 Å². The lowest BCUT2D eigenvalue weighted by molar-refractivity contribution is -0.0469. The Morgan fingerprint density at radius 3 is 2.94 bits per heavy atom. The Morgan fingerprint density at radius 2 is 2.39 bits per heavy atom. The molecule has 1 saturated heterocycles. The van der Waals surface area contributed by atoms with E-state index in [9.17, 15) is 9.90 Å². The van der Waals surface area contributed by atoms with Crippen LogP contribution in [0, 0.1) is 18.3 Å². The number of aliphatic hydroxyl groups is 2. The summed E-state index contributed by atoms with van der Waals surface area (Å²) >= 11 is 0. The first-order valence-corrected chi connectivity index (χ1v) is 5.33. The molecule has 96 valence electrons. The Labute approximate surface area is 103 Å². The molecule has 1 fully saturated rings. The van der Waals surface area contributed by atoms with Crippen LogP contribution in [0.3, 0.4) is 0 Å². The van der Waals surface area contributed by atoms with Crippen LogP contribution < -0.4 is 11.4 Å². The van der Waals surface area contributed by atoms with Crippen molar-refractivity contribution >= 4 is 5.82 Å². The van der Waals surface area contributed by atoms with Crippen LogP contribution in [-0.4, -0.2) is 38.6 Å². The monoisotopic (exact) mass is 251 g/mol. The molecule has 0 saturated carbocycles. The second kappa shape index (κ2) is 4.78. The molecular formula is C11H13N3O4. The number of rotatable bonds is 2. The molecule has 0 unspecified atom stereocenters. The van der Waals surface area contributed by atoms with Gasteiger partial charge in [0, 0.05) is 6.20 Å². The highest BCUT2D eigenvalue weighted by molar-refractivity contribution is 5.23. The highest BCUT2D eigenvalue weighted by Gasteiger charge is 2.43. The fourth-order valence-electron chi connectivity index (χ4n) is 1.93. The van der Waals surface area contributed by atoms with Gasteiger partial charge in [-0.1, -0.05) is 5.92 Å². The van der Waals surface area contributed by atoms with E-state index in [0.29, 0.717) is 0 Å². The minimum atomic E-state index is -1.03. The van der Waals surface area contributed by atoms with Crippen molar-refractivity contribution in [3.8, 4) is 12.3 Å². The second-order valence-corrected chi connectivity index (χ2v) is 3.97. The Kier molecular flexibility index (Phi) is 3.34. The SMILES string of the molecule is C#C[C@H]1[C@H](O)[C@@H](CO)O[C@H]1n1ccc(N)nc1=O. The van der Waals surface area contributed by atoms with Crippen molar-refractivity contribution < 1.29 is 14.9 Å². The van der Waals surface area contributed by atoms with Crippen LogP contribution in [0.15, 0.2) is 17.1 Å². The number of anilines is 1. The smallest absolute Gasteiger partial charge is 0.351 e. The number of nitrogens with zero attached hydrogens (tertiary/aromatic N) is 2. The summed E-state index contributed by atoms with van der Waals surface area (Å²) in [4.78, 5) is 15.2. The van der Waals surface area contributed by atoms with Crippen LogP contribution >= 0.6 is 0 Å². The van der Waals surface area contributed by atoms with Gasteiger partial charge in [-0.25, -0.2) is 4.79 Å². The molecule has 7 heteroatoms. The lowest BCUT2D eigenvalue weighted by Gasteiger charge is -2.17. The summed E-state index contributed by atoms with van der Waals surface area (Å²) in [6.07, 6.45) is 4.00. The van der Waals surface area contributed by atoms with Gasteiger partial charge in [-0.05, 0) is 6.07 Å². The van der Waals surface area contributed by atoms with Gasteiger partial charge in [0.25, 0.3) is 0 Å². The predicted octanol–water partition coefficient (Wildman–Crippen LogP) is -1.67. The molecule has 1 aromatic rings. The lowest BCUT2D eigenvalue weighted by atomic mass is 10.0. The Morgan fingerprint density at radius 1 is 1.67 bits per heavy atom. The van der Waals surface area contributed by atoms with Crippen molar-refractivity contribution in [1.29, 1.82) is 0 Å². The number of hydrogen-bond acceptors (Lipinski definition) is 6. The standard InChI is InChI=1S/C11H13N3O4/c1-2-6-9(16)7(5-15)18-10(6)14-4-3-8(12)13-11(14)17/h1,3-4,6-7,9-10,15-16H,5H2,(H2,12,13,17)/t6-,7+,9-,10+/m0/s1. The second-order valence-electron chi connectivity index (χ2n) is 3.97. The van der Waals surface area contributed by atoms with Gasteiger partial charge in [-0.3, -0.25) is 4.57 Å². The lowest BCUT2D eigenvalue weighted by Crippen LogP contribution is -2.31. The van der Waals surface area contributed by atoms with Crippen molar-refractivity contribution in [1.82, 2.24) is 9.55 Å². The van der Waals surface area contributed by atoms with Gasteiger partial charge in [0.1, 0.15) is 18.0 Å². The van der Waals surface area contributed by atoms with Crippen molar-refractivity contribution in [2.75, 3.05) is 12.3 Å². The minimum absolute atomic E-state index is 0.0887. The van der Waals surface area contributed by atoms with Gasteiger partial charge in [0.15, 0.2) is 6.23 Å². The highest BCUT2D eigenvalue weighted by Crippen LogP contribution is 2.33. The topological polar surface area (TPSA) is 111 Å². The van der Waals surface area contributed by atoms with E-state index in [2.05, 4.69) is 10.9 Å². The first-order valence-electron chi connectivity index (χ1n) is 5.33. The molecule has 0 amide bonds. The van der Waals surface area contributed by atoms with E-state index >= 15 is 0 Å². The zero-order chi connectivity index (χ0) is 13.3. The van der Waals surface area contributed by atoms with E-state index in [1.165, 1.54) is 12.3 Å². The van der Waals surface area contributed by atoms with Crippen LogP contribution in [0.2, 0.25) is 0 Å². The normalized spacial score (nSPS) is 31.2. The van der Waals surface area contributed by atoms with Crippen molar-refractivity contribution in [3.63, 3.8) is 0 Å². The van der Waals surface area contributed by atoms with E-state index in [1.807, 2.05) is 0 Å². The molecule has 0 radical (unpaired) electrons. The summed E-state index contributed by atoms with van der Waals surface area (Å²) < 4.78 is 6.53. The van der Waals surface area contributed by atoms with E-state index in [1.54, 1.807) is 0 Å². The molecule has 18 heavy (non-hydrogen) atoms. The third kappa shape index (κ3) is 1.97. The van der Waals surface area contributed by atoms with Gasteiger partial charge in [-0.15, -0.1) is 6.42 Å². The number of nitrogen functional groups attached to an aromatic ring is 1. The maximum absolute atomic E-state index is 11.7. The Hall–Kier alpha value is -1.88. The Balaban J connectivity index is 2.39. The third-order valence-corrected chi connectivity index (χ3v) is 2.87. The Bertz CT molecular complexity index is 536. The van der Waals surface area contributed by atoms with Crippen LogP contribution in [0.5, 0.6) is 0 Å². The summed E-state index contributed by atoms with van der Waals surface area (Å²) in [5.74, 6) is 1.72. The number of terminal acetylenes is 1.